The molecule has 0 aromatic rings. The van der Waals surface area contributed by atoms with E-state index >= 15 is 0 Å². The molecule has 0 radical (unpaired) electrons. The summed E-state index contributed by atoms with van der Waals surface area (Å²) >= 11 is 0. The first-order valence-electron chi connectivity index (χ1n) is 31.5. The first-order chi connectivity index (χ1) is 38.2. The second kappa shape index (κ2) is 59.8. The Morgan fingerprint density at radius 2 is 0.667 bits per heavy atom. The van der Waals surface area contributed by atoms with Gasteiger partial charge in [0.25, 0.3) is 0 Å². The van der Waals surface area contributed by atoms with Gasteiger partial charge in [0.15, 0.2) is 6.10 Å². The number of carbonyl (C=O) groups excluding carboxylic acids is 3. The molecule has 0 aliphatic heterocycles. The van der Waals surface area contributed by atoms with Crippen molar-refractivity contribution < 1.29 is 52.2 Å². The lowest BCUT2D eigenvalue weighted by atomic mass is 10.1. The maximum Gasteiger partial charge on any atom is 0.472 e. The average molecular weight is 1120 g/mol. The molecule has 0 aromatic heterocycles. The molecule has 0 rings (SSSR count). The lowest BCUT2D eigenvalue weighted by molar-refractivity contribution is -0.161. The molecule has 0 amide bonds. The largest absolute Gasteiger partial charge is 0.472 e. The first kappa shape index (κ1) is 74.7. The van der Waals surface area contributed by atoms with Crippen LogP contribution in [0.25, 0.3) is 0 Å². The van der Waals surface area contributed by atoms with Crippen LogP contribution in [0.1, 0.15) is 278 Å². The molecule has 0 saturated heterocycles. The summed E-state index contributed by atoms with van der Waals surface area (Å²) in [6.07, 6.45) is 69.6. The van der Waals surface area contributed by atoms with Crippen LogP contribution in [0.5, 0.6) is 0 Å². The zero-order valence-electron chi connectivity index (χ0n) is 49.9. The number of hydrogen-bond donors (Lipinski definition) is 2. The van der Waals surface area contributed by atoms with Gasteiger partial charge in [-0.25, -0.2) is 4.57 Å². The van der Waals surface area contributed by atoms with E-state index in [9.17, 15) is 28.9 Å². The van der Waals surface area contributed by atoms with Crippen LogP contribution in [0, 0.1) is 0 Å². The second-order valence-corrected chi connectivity index (χ2v) is 22.3. The van der Waals surface area contributed by atoms with Gasteiger partial charge >= 0.3 is 25.7 Å². The van der Waals surface area contributed by atoms with Crippen molar-refractivity contribution in [2.75, 3.05) is 26.4 Å². The van der Waals surface area contributed by atoms with Gasteiger partial charge in [0, 0.05) is 19.3 Å². The molecule has 0 aromatic carbocycles. The fourth-order valence-electron chi connectivity index (χ4n) is 8.49. The molecular formula is C66H115O11P. The van der Waals surface area contributed by atoms with Crippen molar-refractivity contribution in [3.8, 4) is 0 Å². The third-order valence-corrected chi connectivity index (χ3v) is 14.2. The molecule has 0 heterocycles. The minimum absolute atomic E-state index is 0.125. The van der Waals surface area contributed by atoms with Crippen LogP contribution in [0.2, 0.25) is 0 Å². The van der Waals surface area contributed by atoms with E-state index in [1.165, 1.54) is 109 Å². The number of allylic oxidation sites excluding steroid dienone is 14. The fraction of sp³-hybridized carbons (Fsp3) is 0.742. The minimum atomic E-state index is -4.77. The van der Waals surface area contributed by atoms with Crippen LogP contribution in [0.3, 0.4) is 0 Å². The van der Waals surface area contributed by atoms with Crippen molar-refractivity contribution >= 4 is 25.7 Å². The number of ether oxygens (including phenoxy) is 3. The molecule has 0 spiro atoms. The number of esters is 3. The molecular weight excluding hydrogens is 1000 g/mol. The van der Waals surface area contributed by atoms with E-state index in [1.807, 2.05) is 0 Å². The zero-order valence-corrected chi connectivity index (χ0v) is 50.8. The third-order valence-electron chi connectivity index (χ3n) is 13.3. The highest BCUT2D eigenvalue weighted by Gasteiger charge is 2.28. The Kier molecular flexibility index (Phi) is 57.2. The number of phosphoric acid groups is 1. The molecule has 3 unspecified atom stereocenters. The van der Waals surface area contributed by atoms with Gasteiger partial charge in [-0.2, -0.15) is 0 Å². The average Bonchev–Trinajstić information content (AvgIpc) is 3.43. The van der Waals surface area contributed by atoms with E-state index in [4.69, 9.17) is 23.3 Å². The Bertz CT molecular complexity index is 1630. The molecule has 12 heteroatoms. The summed E-state index contributed by atoms with van der Waals surface area (Å²) in [5, 5.41) is 9.85. The van der Waals surface area contributed by atoms with Crippen molar-refractivity contribution in [1.29, 1.82) is 0 Å². The molecule has 0 aliphatic rings. The molecule has 0 saturated carbocycles. The highest BCUT2D eigenvalue weighted by molar-refractivity contribution is 7.47. The van der Waals surface area contributed by atoms with Gasteiger partial charge in [-0.05, 0) is 116 Å². The smallest absolute Gasteiger partial charge is 0.462 e. The van der Waals surface area contributed by atoms with E-state index in [1.54, 1.807) is 0 Å². The standard InChI is InChI=1S/C66H115O11P/c1-4-7-10-13-16-19-22-25-27-29-31-33-35-38-41-44-47-50-53-56-65(69)76-62(58-67)60-74-78(71,72)75-61-63(59-73-64(68)55-52-49-46-43-40-37-24-21-18-15-12-9-6-3)77-66(70)57-54-51-48-45-42-39-36-34-32-30-28-26-23-20-17-14-11-8-5-2/h8,11,17,20-21,24-28,32,34,39,42,62-63,67H,4-7,9-10,12-16,18-19,22-23,29-31,33,35-38,40-41,43-61H2,1-3H3,(H,71,72)/b11-8-,20-17-,24-21-,27-25-,28-26-,34-32-,42-39-. The van der Waals surface area contributed by atoms with E-state index in [0.717, 1.165) is 109 Å². The molecule has 3 atom stereocenters. The van der Waals surface area contributed by atoms with Gasteiger partial charge in [-0.15, -0.1) is 0 Å². The Hall–Kier alpha value is -3.34. The highest BCUT2D eigenvalue weighted by atomic mass is 31.2. The summed E-state index contributed by atoms with van der Waals surface area (Å²) in [5.74, 6) is -1.51. The Balaban J connectivity index is 4.71. The molecule has 11 nitrogen and oxygen atoms in total. The monoisotopic (exact) mass is 1110 g/mol. The van der Waals surface area contributed by atoms with Gasteiger partial charge in [0.1, 0.15) is 12.7 Å². The van der Waals surface area contributed by atoms with Crippen LogP contribution in [-0.2, 0) is 42.2 Å². The predicted octanol–water partition coefficient (Wildman–Crippen LogP) is 19.0. The highest BCUT2D eigenvalue weighted by Crippen LogP contribution is 2.43. The molecule has 78 heavy (non-hydrogen) atoms. The van der Waals surface area contributed by atoms with Gasteiger partial charge in [0.05, 0.1) is 19.8 Å². The van der Waals surface area contributed by atoms with Crippen LogP contribution in [0.4, 0.5) is 0 Å². The van der Waals surface area contributed by atoms with Crippen molar-refractivity contribution in [2.45, 2.75) is 290 Å². The number of hydrogen-bond acceptors (Lipinski definition) is 10. The van der Waals surface area contributed by atoms with Crippen molar-refractivity contribution in [2.24, 2.45) is 0 Å². The van der Waals surface area contributed by atoms with Crippen LogP contribution in [-0.4, -0.2) is 66.5 Å². The van der Waals surface area contributed by atoms with E-state index in [0.29, 0.717) is 19.3 Å². The summed E-state index contributed by atoms with van der Waals surface area (Å²) in [6, 6.07) is 0. The van der Waals surface area contributed by atoms with Crippen LogP contribution in [0.15, 0.2) is 85.1 Å². The van der Waals surface area contributed by atoms with Gasteiger partial charge in [0.2, 0.25) is 0 Å². The molecule has 0 fully saturated rings. The SMILES string of the molecule is CC/C=C\C/C=C\C/C=C\C/C=C\C/C=C\CCCCCC(=O)OC(COC(=O)CCCCCCC/C=C\CCCCCC)COP(=O)(O)OCC(CO)OC(=O)CCCCCCCCCCC/C=C\CCCCCCCC. The lowest BCUT2D eigenvalue weighted by Crippen LogP contribution is -2.30. The number of unbranched alkanes of at least 4 members (excludes halogenated alkanes) is 27. The number of rotatable bonds is 58. The summed E-state index contributed by atoms with van der Waals surface area (Å²) in [6.45, 7) is 4.49. The Morgan fingerprint density at radius 1 is 0.372 bits per heavy atom. The van der Waals surface area contributed by atoms with E-state index in [-0.39, 0.29) is 25.9 Å². The Labute approximate surface area is 477 Å². The number of aliphatic hydroxyl groups is 1. The second-order valence-electron chi connectivity index (χ2n) is 20.8. The molecule has 0 aliphatic carbocycles. The Morgan fingerprint density at radius 3 is 1.06 bits per heavy atom. The van der Waals surface area contributed by atoms with E-state index in [2.05, 4.69) is 106 Å². The summed E-state index contributed by atoms with van der Waals surface area (Å²) < 4.78 is 39.6. The molecule has 2 N–H and O–H groups in total. The third kappa shape index (κ3) is 57.3. The number of carbonyl (C=O) groups is 3. The molecule has 450 valence electrons. The quantitative estimate of drug-likeness (QED) is 0.0197. The summed E-state index contributed by atoms with van der Waals surface area (Å²) in [5.41, 5.74) is 0. The minimum Gasteiger partial charge on any atom is -0.462 e. The topological polar surface area (TPSA) is 155 Å². The maximum absolute atomic E-state index is 12.9. The molecule has 0 bridgehead atoms. The summed E-state index contributed by atoms with van der Waals surface area (Å²) in [4.78, 5) is 48.7. The predicted molar refractivity (Wildman–Crippen MR) is 325 cm³/mol. The zero-order chi connectivity index (χ0) is 56.9. The van der Waals surface area contributed by atoms with Crippen molar-refractivity contribution in [3.05, 3.63) is 85.1 Å². The van der Waals surface area contributed by atoms with Gasteiger partial charge < -0.3 is 24.2 Å². The lowest BCUT2D eigenvalue weighted by Gasteiger charge is -2.21. The van der Waals surface area contributed by atoms with Gasteiger partial charge in [-0.3, -0.25) is 23.4 Å². The fourth-order valence-corrected chi connectivity index (χ4v) is 9.27. The van der Waals surface area contributed by atoms with Crippen molar-refractivity contribution in [3.63, 3.8) is 0 Å². The summed E-state index contributed by atoms with van der Waals surface area (Å²) in [7, 11) is -4.77. The number of phosphoric ester groups is 1. The maximum atomic E-state index is 12.9. The first-order valence-corrected chi connectivity index (χ1v) is 33.0. The van der Waals surface area contributed by atoms with E-state index < -0.39 is 57.8 Å². The van der Waals surface area contributed by atoms with Crippen LogP contribution >= 0.6 is 7.82 Å². The van der Waals surface area contributed by atoms with Gasteiger partial charge in [-0.1, -0.05) is 228 Å². The van der Waals surface area contributed by atoms with Crippen LogP contribution < -0.4 is 0 Å². The normalized spacial score (nSPS) is 13.9. The number of aliphatic hydroxyl groups excluding tert-OH is 1. The van der Waals surface area contributed by atoms with Crippen molar-refractivity contribution in [1.82, 2.24) is 0 Å².